The van der Waals surface area contributed by atoms with Crippen LogP contribution in [0.4, 0.5) is 11.4 Å². The number of phenols is 1. The summed E-state index contributed by atoms with van der Waals surface area (Å²) < 4.78 is 0. The monoisotopic (exact) mass is 334 g/mol. The van der Waals surface area contributed by atoms with Gasteiger partial charge in [0.1, 0.15) is 5.69 Å². The molecule has 1 unspecified atom stereocenters. The first kappa shape index (κ1) is 16.7. The quantitative estimate of drug-likeness (QED) is 0.626. The van der Waals surface area contributed by atoms with Crippen molar-refractivity contribution in [2.45, 2.75) is 13.0 Å². The van der Waals surface area contributed by atoms with Gasteiger partial charge in [0, 0.05) is 11.1 Å². The molecule has 0 aromatic heterocycles. The number of fused-ring (bicyclic) bond motifs is 1. The third-order valence-electron chi connectivity index (χ3n) is 4.05. The molecule has 3 N–H and O–H groups in total. The van der Waals surface area contributed by atoms with Crippen molar-refractivity contribution in [1.29, 1.82) is 0 Å². The molecule has 0 spiro atoms. The standard InChI is InChI=1S/C20H18N2O3/c1-12(23)13-7-9-15(10-8-13)22-20(25)17-11-14-5-3-4-6-16(14)18(21-2)19(17)24/h3-12,23-24H,2H2,1H3,(H,22,25). The molecule has 0 radical (unpaired) electrons. The summed E-state index contributed by atoms with van der Waals surface area (Å²) in [4.78, 5) is 16.5. The maximum atomic E-state index is 12.6. The number of amides is 1. The molecule has 0 aliphatic carbocycles. The lowest BCUT2D eigenvalue weighted by atomic mass is 10.0. The Morgan fingerprint density at radius 1 is 1.16 bits per heavy atom. The third-order valence-corrected chi connectivity index (χ3v) is 4.05. The number of nitrogens with zero attached hydrogens (tertiary/aromatic N) is 1. The number of aliphatic imine (C=N–C) groups is 1. The second-order valence-corrected chi connectivity index (χ2v) is 5.75. The van der Waals surface area contributed by atoms with E-state index in [0.717, 1.165) is 16.3 Å². The minimum absolute atomic E-state index is 0.126. The molecule has 0 fully saturated rings. The molecule has 5 heteroatoms. The van der Waals surface area contributed by atoms with E-state index >= 15 is 0 Å². The summed E-state index contributed by atoms with van der Waals surface area (Å²) in [6.45, 7) is 5.16. The number of aliphatic hydroxyl groups excluding tert-OH is 1. The molecule has 0 bridgehead atoms. The van der Waals surface area contributed by atoms with Crippen molar-refractivity contribution in [1.82, 2.24) is 0 Å². The lowest BCUT2D eigenvalue weighted by molar-refractivity contribution is 0.102. The number of hydrogen-bond acceptors (Lipinski definition) is 4. The van der Waals surface area contributed by atoms with Crippen molar-refractivity contribution in [2.75, 3.05) is 5.32 Å². The van der Waals surface area contributed by atoms with Gasteiger partial charge in [-0.15, -0.1) is 0 Å². The number of aliphatic hydroxyl groups is 1. The van der Waals surface area contributed by atoms with Crippen molar-refractivity contribution in [2.24, 2.45) is 4.99 Å². The summed E-state index contributed by atoms with van der Waals surface area (Å²) in [7, 11) is 0. The number of phenolic OH excluding ortho intramolecular Hbond substituents is 1. The zero-order valence-corrected chi connectivity index (χ0v) is 13.7. The number of nitrogens with one attached hydrogen (secondary N) is 1. The topological polar surface area (TPSA) is 81.9 Å². The Kier molecular flexibility index (Phi) is 4.50. The van der Waals surface area contributed by atoms with E-state index in [4.69, 9.17) is 0 Å². The fourth-order valence-electron chi connectivity index (χ4n) is 2.69. The van der Waals surface area contributed by atoms with Gasteiger partial charge in [0.2, 0.25) is 0 Å². The van der Waals surface area contributed by atoms with E-state index in [1.165, 1.54) is 0 Å². The van der Waals surface area contributed by atoms with Gasteiger partial charge in [-0.05, 0) is 42.8 Å². The van der Waals surface area contributed by atoms with E-state index in [1.54, 1.807) is 37.3 Å². The molecular formula is C20H18N2O3. The van der Waals surface area contributed by atoms with Crippen LogP contribution in [0.25, 0.3) is 10.8 Å². The molecule has 0 saturated heterocycles. The van der Waals surface area contributed by atoms with Crippen LogP contribution in [-0.4, -0.2) is 22.8 Å². The van der Waals surface area contributed by atoms with Gasteiger partial charge in [-0.1, -0.05) is 36.4 Å². The number of hydrogen-bond donors (Lipinski definition) is 3. The minimum Gasteiger partial charge on any atom is -0.505 e. The SMILES string of the molecule is C=Nc1c(O)c(C(=O)Nc2ccc(C(C)O)cc2)cc2ccccc12. The molecular weight excluding hydrogens is 316 g/mol. The lowest BCUT2D eigenvalue weighted by Crippen LogP contribution is -2.12. The number of carbonyl (C=O) groups excluding carboxylic acids is 1. The maximum Gasteiger partial charge on any atom is 0.259 e. The van der Waals surface area contributed by atoms with Crippen LogP contribution in [0, 0.1) is 0 Å². The number of carbonyl (C=O) groups is 1. The number of benzene rings is 3. The first-order chi connectivity index (χ1) is 12.0. The van der Waals surface area contributed by atoms with E-state index in [-0.39, 0.29) is 17.0 Å². The molecule has 0 heterocycles. The minimum atomic E-state index is -0.574. The first-order valence-electron chi connectivity index (χ1n) is 7.82. The summed E-state index contributed by atoms with van der Waals surface area (Å²) in [6, 6.07) is 15.8. The third kappa shape index (κ3) is 3.22. The molecule has 0 aliphatic rings. The van der Waals surface area contributed by atoms with Crippen molar-refractivity contribution in [3.05, 3.63) is 65.7 Å². The maximum absolute atomic E-state index is 12.6. The first-order valence-corrected chi connectivity index (χ1v) is 7.82. The van der Waals surface area contributed by atoms with Gasteiger partial charge in [0.05, 0.1) is 11.7 Å². The Balaban J connectivity index is 1.96. The van der Waals surface area contributed by atoms with Crippen LogP contribution >= 0.6 is 0 Å². The highest BCUT2D eigenvalue weighted by Crippen LogP contribution is 2.38. The summed E-state index contributed by atoms with van der Waals surface area (Å²) in [5, 5.41) is 24.2. The average Bonchev–Trinajstić information content (AvgIpc) is 2.61. The van der Waals surface area contributed by atoms with Crippen LogP contribution < -0.4 is 5.32 Å². The van der Waals surface area contributed by atoms with E-state index in [0.29, 0.717) is 5.69 Å². The van der Waals surface area contributed by atoms with Gasteiger partial charge in [-0.25, -0.2) is 0 Å². The van der Waals surface area contributed by atoms with Gasteiger partial charge >= 0.3 is 0 Å². The highest BCUT2D eigenvalue weighted by Gasteiger charge is 2.17. The van der Waals surface area contributed by atoms with Crippen LogP contribution in [0.2, 0.25) is 0 Å². The summed E-state index contributed by atoms with van der Waals surface area (Å²) >= 11 is 0. The Morgan fingerprint density at radius 2 is 1.84 bits per heavy atom. The summed E-state index contributed by atoms with van der Waals surface area (Å²) in [5.41, 5.74) is 1.73. The fourth-order valence-corrected chi connectivity index (χ4v) is 2.69. The molecule has 126 valence electrons. The zero-order valence-electron chi connectivity index (χ0n) is 13.7. The van der Waals surface area contributed by atoms with Gasteiger partial charge in [0.15, 0.2) is 5.75 Å². The van der Waals surface area contributed by atoms with Gasteiger partial charge in [-0.2, -0.15) is 0 Å². The molecule has 5 nitrogen and oxygen atoms in total. The highest BCUT2D eigenvalue weighted by molar-refractivity contribution is 6.11. The van der Waals surface area contributed by atoms with Crippen molar-refractivity contribution in [3.63, 3.8) is 0 Å². The van der Waals surface area contributed by atoms with Crippen molar-refractivity contribution >= 4 is 34.8 Å². The Hall–Kier alpha value is -3.18. The molecule has 3 aromatic rings. The fraction of sp³-hybridized carbons (Fsp3) is 0.100. The lowest BCUT2D eigenvalue weighted by Gasteiger charge is -2.12. The highest BCUT2D eigenvalue weighted by atomic mass is 16.3. The Morgan fingerprint density at radius 3 is 2.48 bits per heavy atom. The van der Waals surface area contributed by atoms with Gasteiger partial charge < -0.3 is 15.5 Å². The second-order valence-electron chi connectivity index (χ2n) is 5.75. The van der Waals surface area contributed by atoms with Crippen molar-refractivity contribution in [3.8, 4) is 5.75 Å². The molecule has 25 heavy (non-hydrogen) atoms. The van der Waals surface area contributed by atoms with E-state index in [9.17, 15) is 15.0 Å². The number of aromatic hydroxyl groups is 1. The number of rotatable bonds is 4. The second kappa shape index (κ2) is 6.75. The normalized spacial score (nSPS) is 11.9. The van der Waals surface area contributed by atoms with Crippen molar-refractivity contribution < 1.29 is 15.0 Å². The van der Waals surface area contributed by atoms with E-state index in [2.05, 4.69) is 17.0 Å². The van der Waals surface area contributed by atoms with Crippen LogP contribution in [-0.2, 0) is 0 Å². The smallest absolute Gasteiger partial charge is 0.259 e. The van der Waals surface area contributed by atoms with Crippen LogP contribution in [0.3, 0.4) is 0 Å². The van der Waals surface area contributed by atoms with Crippen LogP contribution in [0.5, 0.6) is 5.75 Å². The van der Waals surface area contributed by atoms with E-state index < -0.39 is 12.0 Å². The Bertz CT molecular complexity index is 947. The average molecular weight is 334 g/mol. The molecule has 0 aliphatic heterocycles. The predicted molar refractivity (Wildman–Crippen MR) is 99.9 cm³/mol. The van der Waals surface area contributed by atoms with Crippen LogP contribution in [0.1, 0.15) is 28.9 Å². The van der Waals surface area contributed by atoms with Crippen LogP contribution in [0.15, 0.2) is 59.6 Å². The zero-order chi connectivity index (χ0) is 18.0. The molecule has 3 aromatic carbocycles. The molecule has 1 atom stereocenters. The largest absolute Gasteiger partial charge is 0.505 e. The van der Waals surface area contributed by atoms with Gasteiger partial charge in [0.25, 0.3) is 5.91 Å². The summed E-state index contributed by atoms with van der Waals surface area (Å²) in [6.07, 6.45) is -0.574. The Labute approximate surface area is 145 Å². The molecule has 3 rings (SSSR count). The molecule has 1 amide bonds. The molecule has 0 saturated carbocycles. The number of anilines is 1. The summed E-state index contributed by atoms with van der Waals surface area (Å²) in [5.74, 6) is -0.648. The van der Waals surface area contributed by atoms with Gasteiger partial charge in [-0.3, -0.25) is 9.79 Å². The predicted octanol–water partition coefficient (Wildman–Crippen LogP) is 4.18. The van der Waals surface area contributed by atoms with E-state index in [1.807, 2.05) is 24.3 Å².